The molecule has 0 aliphatic rings. The van der Waals surface area contributed by atoms with Gasteiger partial charge in [0.25, 0.3) is 0 Å². The Kier molecular flexibility index (Phi) is 3.96. The molecule has 2 nitrogen and oxygen atoms in total. The summed E-state index contributed by atoms with van der Waals surface area (Å²) in [5.41, 5.74) is 1.13. The van der Waals surface area contributed by atoms with Crippen molar-refractivity contribution in [1.82, 2.24) is 0 Å². The number of carboxylic acids is 1. The molecule has 0 saturated carbocycles. The molecule has 1 rings (SSSR count). The Balaban J connectivity index is 2.51. The van der Waals surface area contributed by atoms with Crippen LogP contribution in [0.25, 0.3) is 0 Å². The Morgan fingerprint density at radius 2 is 2.00 bits per heavy atom. The van der Waals surface area contributed by atoms with Crippen molar-refractivity contribution in [2.24, 2.45) is 5.92 Å². The van der Waals surface area contributed by atoms with Crippen LogP contribution in [0.4, 0.5) is 0 Å². The van der Waals surface area contributed by atoms with Crippen LogP contribution >= 0.6 is 11.6 Å². The van der Waals surface area contributed by atoms with Crippen LogP contribution in [0.15, 0.2) is 24.3 Å². The molecule has 1 aromatic carbocycles. The average molecular weight is 213 g/mol. The lowest BCUT2D eigenvalue weighted by atomic mass is 9.98. The summed E-state index contributed by atoms with van der Waals surface area (Å²) in [6, 6.07) is 7.51. The Bertz CT molecular complexity index is 306. The number of halogens is 1. The molecule has 0 spiro atoms. The molecule has 0 unspecified atom stereocenters. The Hall–Kier alpha value is -1.02. The average Bonchev–Trinajstić information content (AvgIpc) is 2.07. The molecule has 0 fully saturated rings. The first-order chi connectivity index (χ1) is 6.58. The normalized spacial score (nSPS) is 12.4. The first kappa shape index (κ1) is 11.1. The molecule has 14 heavy (non-hydrogen) atoms. The predicted molar refractivity (Wildman–Crippen MR) is 56.6 cm³/mol. The lowest BCUT2D eigenvalue weighted by Gasteiger charge is -2.08. The van der Waals surface area contributed by atoms with Crippen molar-refractivity contribution in [3.63, 3.8) is 0 Å². The topological polar surface area (TPSA) is 37.3 Å². The van der Waals surface area contributed by atoms with Crippen molar-refractivity contribution in [3.05, 3.63) is 34.9 Å². The number of rotatable bonds is 4. The second-order valence-corrected chi connectivity index (χ2v) is 3.97. The quantitative estimate of drug-likeness (QED) is 0.833. The predicted octanol–water partition coefficient (Wildman–Crippen LogP) is 2.99. The van der Waals surface area contributed by atoms with Crippen LogP contribution in [0.5, 0.6) is 0 Å². The minimum absolute atomic E-state index is 0.161. The van der Waals surface area contributed by atoms with Crippen LogP contribution in [0.3, 0.4) is 0 Å². The van der Waals surface area contributed by atoms with Crippen molar-refractivity contribution in [2.75, 3.05) is 0 Å². The number of carboxylic acid groups (broad SMARTS) is 1. The molecule has 0 aliphatic carbocycles. The molecular formula is C11H13ClO2. The maximum absolute atomic E-state index is 10.4. The van der Waals surface area contributed by atoms with Gasteiger partial charge in [0.05, 0.1) is 0 Å². The van der Waals surface area contributed by atoms with Crippen molar-refractivity contribution in [3.8, 4) is 0 Å². The Morgan fingerprint density at radius 3 is 2.50 bits per heavy atom. The maximum atomic E-state index is 10.4. The van der Waals surface area contributed by atoms with E-state index in [-0.39, 0.29) is 12.3 Å². The number of benzene rings is 1. The van der Waals surface area contributed by atoms with E-state index in [0.29, 0.717) is 5.02 Å². The van der Waals surface area contributed by atoms with Gasteiger partial charge in [0, 0.05) is 11.4 Å². The summed E-state index contributed by atoms with van der Waals surface area (Å²) in [6.07, 6.45) is 0.992. The van der Waals surface area contributed by atoms with E-state index in [1.54, 1.807) is 0 Å². The van der Waals surface area contributed by atoms with Gasteiger partial charge in [-0.05, 0) is 30.0 Å². The highest BCUT2D eigenvalue weighted by Gasteiger charge is 2.07. The Labute approximate surface area is 88.5 Å². The van der Waals surface area contributed by atoms with E-state index in [4.69, 9.17) is 16.7 Å². The largest absolute Gasteiger partial charge is 0.481 e. The van der Waals surface area contributed by atoms with E-state index >= 15 is 0 Å². The first-order valence-corrected chi connectivity index (χ1v) is 4.92. The molecule has 0 aromatic heterocycles. The van der Waals surface area contributed by atoms with Gasteiger partial charge in [0.15, 0.2) is 0 Å². The van der Waals surface area contributed by atoms with E-state index < -0.39 is 5.97 Å². The summed E-state index contributed by atoms with van der Waals surface area (Å²) >= 11 is 5.74. The number of hydrogen-bond donors (Lipinski definition) is 1. The zero-order chi connectivity index (χ0) is 10.6. The van der Waals surface area contributed by atoms with Crippen molar-refractivity contribution in [1.29, 1.82) is 0 Å². The van der Waals surface area contributed by atoms with Crippen LogP contribution in [-0.4, -0.2) is 11.1 Å². The fraction of sp³-hybridized carbons (Fsp3) is 0.364. The van der Waals surface area contributed by atoms with E-state index in [9.17, 15) is 4.79 Å². The maximum Gasteiger partial charge on any atom is 0.303 e. The van der Waals surface area contributed by atoms with Crippen LogP contribution in [0, 0.1) is 5.92 Å². The van der Waals surface area contributed by atoms with Crippen LogP contribution in [-0.2, 0) is 11.2 Å². The molecular weight excluding hydrogens is 200 g/mol. The SMILES string of the molecule is C[C@H](CC(=O)O)Cc1ccc(Cl)cc1. The number of aliphatic carboxylic acids is 1. The molecule has 1 aromatic rings. The minimum Gasteiger partial charge on any atom is -0.481 e. The third-order valence-corrected chi connectivity index (χ3v) is 2.27. The number of carbonyl (C=O) groups is 1. The highest BCUT2D eigenvalue weighted by Crippen LogP contribution is 2.14. The minimum atomic E-state index is -0.744. The molecule has 3 heteroatoms. The highest BCUT2D eigenvalue weighted by molar-refractivity contribution is 6.30. The standard InChI is InChI=1S/C11H13ClO2/c1-8(7-11(13)14)6-9-2-4-10(12)5-3-9/h2-5,8H,6-7H2,1H3,(H,13,14)/t8-/m0/s1. The smallest absolute Gasteiger partial charge is 0.303 e. The van der Waals surface area contributed by atoms with Gasteiger partial charge in [-0.15, -0.1) is 0 Å². The fourth-order valence-corrected chi connectivity index (χ4v) is 1.52. The highest BCUT2D eigenvalue weighted by atomic mass is 35.5. The molecule has 1 atom stereocenters. The summed E-state index contributed by atoms with van der Waals surface area (Å²) < 4.78 is 0. The van der Waals surface area contributed by atoms with Crippen LogP contribution in [0.2, 0.25) is 5.02 Å². The molecule has 76 valence electrons. The fourth-order valence-electron chi connectivity index (χ4n) is 1.39. The summed E-state index contributed by atoms with van der Waals surface area (Å²) in [6.45, 7) is 1.93. The van der Waals surface area contributed by atoms with Crippen LogP contribution in [0.1, 0.15) is 18.9 Å². The lowest BCUT2D eigenvalue weighted by molar-refractivity contribution is -0.137. The van der Waals surface area contributed by atoms with E-state index in [1.807, 2.05) is 31.2 Å². The second kappa shape index (κ2) is 5.01. The summed E-state index contributed by atoms with van der Waals surface area (Å²) in [5.74, 6) is -0.583. The van der Waals surface area contributed by atoms with Gasteiger partial charge in [-0.2, -0.15) is 0 Å². The van der Waals surface area contributed by atoms with Crippen LogP contribution < -0.4 is 0 Å². The van der Waals surface area contributed by atoms with Gasteiger partial charge in [-0.1, -0.05) is 30.7 Å². The second-order valence-electron chi connectivity index (χ2n) is 3.53. The van der Waals surface area contributed by atoms with E-state index in [0.717, 1.165) is 12.0 Å². The molecule has 0 aliphatic heterocycles. The molecule has 1 N–H and O–H groups in total. The molecule has 0 saturated heterocycles. The summed E-state index contributed by atoms with van der Waals surface area (Å²) in [4.78, 5) is 10.4. The number of hydrogen-bond acceptors (Lipinski definition) is 1. The third-order valence-electron chi connectivity index (χ3n) is 2.02. The van der Waals surface area contributed by atoms with Gasteiger partial charge in [-0.25, -0.2) is 0 Å². The first-order valence-electron chi connectivity index (χ1n) is 4.54. The van der Waals surface area contributed by atoms with E-state index in [1.165, 1.54) is 0 Å². The monoisotopic (exact) mass is 212 g/mol. The van der Waals surface area contributed by atoms with Gasteiger partial charge in [-0.3, -0.25) is 4.79 Å². The van der Waals surface area contributed by atoms with Crippen molar-refractivity contribution < 1.29 is 9.90 Å². The van der Waals surface area contributed by atoms with Gasteiger partial charge in [0.2, 0.25) is 0 Å². The zero-order valence-corrected chi connectivity index (χ0v) is 8.79. The summed E-state index contributed by atoms with van der Waals surface area (Å²) in [7, 11) is 0. The molecule has 0 heterocycles. The molecule has 0 radical (unpaired) electrons. The van der Waals surface area contributed by atoms with E-state index in [2.05, 4.69) is 0 Å². The molecule has 0 bridgehead atoms. The van der Waals surface area contributed by atoms with Gasteiger partial charge < -0.3 is 5.11 Å². The van der Waals surface area contributed by atoms with Crippen molar-refractivity contribution >= 4 is 17.6 Å². The molecule has 0 amide bonds. The van der Waals surface area contributed by atoms with Crippen molar-refractivity contribution in [2.45, 2.75) is 19.8 Å². The van der Waals surface area contributed by atoms with Gasteiger partial charge >= 0.3 is 5.97 Å². The summed E-state index contributed by atoms with van der Waals surface area (Å²) in [5, 5.41) is 9.29. The lowest BCUT2D eigenvalue weighted by Crippen LogP contribution is -2.06. The Morgan fingerprint density at radius 1 is 1.43 bits per heavy atom. The third kappa shape index (κ3) is 3.79. The van der Waals surface area contributed by atoms with Gasteiger partial charge in [0.1, 0.15) is 0 Å². The zero-order valence-electron chi connectivity index (χ0n) is 8.03.